The van der Waals surface area contributed by atoms with Crippen LogP contribution in [0.15, 0.2) is 247 Å². The van der Waals surface area contributed by atoms with Gasteiger partial charge in [-0.3, -0.25) is 0 Å². The van der Waals surface area contributed by atoms with Crippen LogP contribution in [-0.2, 0) is 6.42 Å². The zero-order valence-electron chi connectivity index (χ0n) is 37.7. The molecule has 320 valence electrons. The van der Waals surface area contributed by atoms with Crippen molar-refractivity contribution < 1.29 is 0 Å². The zero-order chi connectivity index (χ0) is 44.3. The highest BCUT2D eigenvalue weighted by molar-refractivity contribution is 6.21. The van der Waals surface area contributed by atoms with Gasteiger partial charge in [0.2, 0.25) is 0 Å². The molecule has 0 aliphatic heterocycles. The quantitative estimate of drug-likeness (QED) is 0.144. The molecular formula is C66H51N. The van der Waals surface area contributed by atoms with E-state index in [1.807, 2.05) is 0 Å². The van der Waals surface area contributed by atoms with E-state index < -0.39 is 0 Å². The Morgan fingerprint density at radius 1 is 0.478 bits per heavy atom. The molecule has 0 saturated heterocycles. The number of nitrogens with zero attached hydrogens (tertiary/aromatic N) is 1. The van der Waals surface area contributed by atoms with Gasteiger partial charge < -0.3 is 4.90 Å². The van der Waals surface area contributed by atoms with Crippen molar-refractivity contribution in [2.24, 2.45) is 17.8 Å². The van der Waals surface area contributed by atoms with Crippen LogP contribution in [0.5, 0.6) is 0 Å². The average molecular weight is 858 g/mol. The van der Waals surface area contributed by atoms with Crippen molar-refractivity contribution in [1.82, 2.24) is 0 Å². The van der Waals surface area contributed by atoms with Crippen molar-refractivity contribution in [2.75, 3.05) is 4.90 Å². The summed E-state index contributed by atoms with van der Waals surface area (Å²) < 4.78 is 0. The van der Waals surface area contributed by atoms with Crippen molar-refractivity contribution in [3.05, 3.63) is 264 Å². The minimum Gasteiger partial charge on any atom is -0.311 e. The molecule has 1 heteroatoms. The Bertz CT molecular complexity index is 3470. The minimum absolute atomic E-state index is 0.301. The Hall–Kier alpha value is -7.74. The summed E-state index contributed by atoms with van der Waals surface area (Å²) in [7, 11) is 0. The van der Waals surface area contributed by atoms with E-state index in [-0.39, 0.29) is 0 Å². The van der Waals surface area contributed by atoms with Crippen molar-refractivity contribution >= 4 is 55.3 Å². The first-order valence-corrected chi connectivity index (χ1v) is 24.3. The molecule has 67 heavy (non-hydrogen) atoms. The number of hydrogen-bond donors (Lipinski definition) is 0. The maximum absolute atomic E-state index is 2.57. The van der Waals surface area contributed by atoms with Gasteiger partial charge in [0.05, 0.1) is 5.69 Å². The van der Waals surface area contributed by atoms with Crippen LogP contribution < -0.4 is 4.90 Å². The van der Waals surface area contributed by atoms with Gasteiger partial charge in [0.25, 0.3) is 0 Å². The van der Waals surface area contributed by atoms with Gasteiger partial charge in [0.15, 0.2) is 0 Å². The summed E-state index contributed by atoms with van der Waals surface area (Å²) in [6, 6.07) is 60.9. The molecule has 1 nitrogen and oxygen atoms in total. The second kappa shape index (κ2) is 16.6. The van der Waals surface area contributed by atoms with Crippen LogP contribution in [0.2, 0.25) is 0 Å². The summed E-state index contributed by atoms with van der Waals surface area (Å²) >= 11 is 0. The predicted octanol–water partition coefficient (Wildman–Crippen LogP) is 17.5. The lowest BCUT2D eigenvalue weighted by molar-refractivity contribution is 0.551. The molecular weight excluding hydrogens is 807 g/mol. The van der Waals surface area contributed by atoms with Crippen molar-refractivity contribution in [3.8, 4) is 22.3 Å². The molecule has 0 aromatic heterocycles. The maximum atomic E-state index is 2.57. The van der Waals surface area contributed by atoms with Crippen LogP contribution in [0.25, 0.3) is 66.2 Å². The topological polar surface area (TPSA) is 3.24 Å². The largest absolute Gasteiger partial charge is 0.311 e. The van der Waals surface area contributed by atoms with E-state index in [9.17, 15) is 0 Å². The fourth-order valence-corrected chi connectivity index (χ4v) is 12.3. The molecule has 0 radical (unpaired) electrons. The molecule has 13 rings (SSSR count). The van der Waals surface area contributed by atoms with Gasteiger partial charge in [0.1, 0.15) is 0 Å². The number of rotatable bonds is 7. The summed E-state index contributed by atoms with van der Waals surface area (Å²) in [5.41, 5.74) is 19.0. The standard InChI is InChI=1S/C66H51N/c1-3-19-44(20-4-1)63-54-27-11-15-31-58(54)65(59-32-16-12-28-55(59)63)46-35-39-49(40-36-46)67(62-43-48-23-7-8-24-51(48)52-25-9-10-26-53(52)62)50-41-37-47(38-42-50)66-60-33-17-13-29-56(60)64(45-21-5-2-6-22-45)57-30-14-18-34-61(57)66/h1-9,11-13,15-25,27-29,31-37,39-43,47,56,60H,10,14,26,30,38H2. The summed E-state index contributed by atoms with van der Waals surface area (Å²) in [4.78, 5) is 2.57. The van der Waals surface area contributed by atoms with Gasteiger partial charge in [0, 0.05) is 29.1 Å². The first kappa shape index (κ1) is 39.6. The molecule has 0 saturated carbocycles. The molecule has 0 heterocycles. The van der Waals surface area contributed by atoms with Crippen LogP contribution in [-0.4, -0.2) is 0 Å². The molecule has 8 aromatic carbocycles. The van der Waals surface area contributed by atoms with Crippen LogP contribution in [0.1, 0.15) is 42.4 Å². The molecule has 0 bridgehead atoms. The lowest BCUT2D eigenvalue weighted by Gasteiger charge is -2.41. The third-order valence-electron chi connectivity index (χ3n) is 15.1. The number of hydrogen-bond acceptors (Lipinski definition) is 1. The SMILES string of the molecule is C1=CC2C(c3ccccc3)=C3CCC=CC3=C(C3C=CC(N(c4ccc(-c5c6ccccc6c(-c6ccccc6)c6ccccc56)cc4)c4cc5ccccc5c5c4CCC=C5)=CC3)C2C=C1. The number of allylic oxidation sites excluding steroid dienone is 14. The van der Waals surface area contributed by atoms with Gasteiger partial charge in [-0.1, -0.05) is 206 Å². The van der Waals surface area contributed by atoms with E-state index in [0.717, 1.165) is 32.1 Å². The Morgan fingerprint density at radius 3 is 1.73 bits per heavy atom. The lowest BCUT2D eigenvalue weighted by atomic mass is 9.63. The molecule has 0 spiro atoms. The first-order chi connectivity index (χ1) is 33.3. The van der Waals surface area contributed by atoms with E-state index in [1.54, 1.807) is 11.1 Å². The minimum atomic E-state index is 0.301. The fraction of sp³-hybridized carbons (Fsp3) is 0.121. The molecule has 3 unspecified atom stereocenters. The van der Waals surface area contributed by atoms with Crippen LogP contribution >= 0.6 is 0 Å². The Kier molecular flexibility index (Phi) is 9.82. The van der Waals surface area contributed by atoms with Gasteiger partial charge >= 0.3 is 0 Å². The van der Waals surface area contributed by atoms with E-state index in [1.165, 1.54) is 99.5 Å². The van der Waals surface area contributed by atoms with Gasteiger partial charge in [-0.15, -0.1) is 0 Å². The van der Waals surface area contributed by atoms with Crippen LogP contribution in [0, 0.1) is 17.8 Å². The number of anilines is 2. The molecule has 0 N–H and O–H groups in total. The maximum Gasteiger partial charge on any atom is 0.0505 e. The monoisotopic (exact) mass is 857 g/mol. The summed E-state index contributed by atoms with van der Waals surface area (Å²) in [5.74, 6) is 0.959. The highest BCUT2D eigenvalue weighted by atomic mass is 15.1. The average Bonchev–Trinajstić information content (AvgIpc) is 3.40. The zero-order valence-corrected chi connectivity index (χ0v) is 37.7. The van der Waals surface area contributed by atoms with E-state index in [4.69, 9.17) is 0 Å². The summed E-state index contributed by atoms with van der Waals surface area (Å²) in [6.07, 6.45) is 31.8. The van der Waals surface area contributed by atoms with Crippen LogP contribution in [0.4, 0.5) is 11.4 Å². The molecule has 5 aliphatic rings. The normalized spacial score (nSPS) is 19.5. The molecule has 8 aromatic rings. The highest BCUT2D eigenvalue weighted by Gasteiger charge is 2.38. The van der Waals surface area contributed by atoms with E-state index in [0.29, 0.717) is 17.8 Å². The summed E-state index contributed by atoms with van der Waals surface area (Å²) in [6.45, 7) is 0. The van der Waals surface area contributed by atoms with Crippen molar-refractivity contribution in [2.45, 2.75) is 32.1 Å². The number of benzene rings is 8. The molecule has 3 atom stereocenters. The van der Waals surface area contributed by atoms with Gasteiger partial charge in [-0.05, 0) is 150 Å². The van der Waals surface area contributed by atoms with Gasteiger partial charge in [-0.25, -0.2) is 0 Å². The first-order valence-electron chi connectivity index (χ1n) is 24.3. The summed E-state index contributed by atoms with van der Waals surface area (Å²) in [5, 5.41) is 7.70. The fourth-order valence-electron chi connectivity index (χ4n) is 12.3. The van der Waals surface area contributed by atoms with E-state index >= 15 is 0 Å². The van der Waals surface area contributed by atoms with Gasteiger partial charge in [-0.2, -0.15) is 0 Å². The molecule has 0 amide bonds. The Labute approximate surface area is 394 Å². The van der Waals surface area contributed by atoms with E-state index in [2.05, 4.69) is 236 Å². The Balaban J connectivity index is 0.948. The second-order valence-electron chi connectivity index (χ2n) is 18.8. The predicted molar refractivity (Wildman–Crippen MR) is 285 cm³/mol. The Morgan fingerprint density at radius 2 is 1.06 bits per heavy atom. The molecule has 5 aliphatic carbocycles. The lowest BCUT2D eigenvalue weighted by Crippen LogP contribution is -2.29. The smallest absolute Gasteiger partial charge is 0.0505 e. The third-order valence-corrected chi connectivity index (χ3v) is 15.1. The number of fused-ring (bicyclic) bond motifs is 7. The van der Waals surface area contributed by atoms with Crippen molar-refractivity contribution in [3.63, 3.8) is 0 Å². The molecule has 0 fully saturated rings. The van der Waals surface area contributed by atoms with Crippen LogP contribution in [0.3, 0.4) is 0 Å². The second-order valence-corrected chi connectivity index (χ2v) is 18.8. The third kappa shape index (κ3) is 6.67. The highest BCUT2D eigenvalue weighted by Crippen LogP contribution is 2.53. The van der Waals surface area contributed by atoms with Crippen molar-refractivity contribution in [1.29, 1.82) is 0 Å².